The molecule has 0 aromatic rings. The summed E-state index contributed by atoms with van der Waals surface area (Å²) in [6.07, 6.45) is -3.03. The smallest absolute Gasteiger partial charge is 0.407 e. The summed E-state index contributed by atoms with van der Waals surface area (Å²) in [4.78, 5) is 11.7. The number of aliphatic hydroxyl groups is 1. The second kappa shape index (κ2) is 5.29. The molecule has 1 fully saturated rings. The van der Waals surface area contributed by atoms with Crippen molar-refractivity contribution >= 4 is 16.8 Å². The maximum Gasteiger partial charge on any atom is 0.407 e. The zero-order valence-corrected chi connectivity index (χ0v) is 8.80. The lowest BCUT2D eigenvalue weighted by molar-refractivity contribution is -0.0748. The number of carbonyl (C=O) groups is 1. The molecule has 1 rings (SSSR count). The Labute approximate surface area is 88.2 Å². The Kier molecular flexibility index (Phi) is 4.30. The van der Waals surface area contributed by atoms with Gasteiger partial charge in [0.1, 0.15) is 16.8 Å². The molecule has 0 radical (unpaired) electrons. The third kappa shape index (κ3) is 3.65. The van der Waals surface area contributed by atoms with Crippen molar-refractivity contribution < 1.29 is 28.2 Å². The highest BCUT2D eigenvalue weighted by molar-refractivity contribution is 7.72. The van der Waals surface area contributed by atoms with Crippen LogP contribution in [0.15, 0.2) is 0 Å². The molecule has 1 aliphatic rings. The monoisotopic (exact) mass is 239 g/mol. The van der Waals surface area contributed by atoms with Gasteiger partial charge < -0.3 is 19.8 Å². The zero-order valence-electron chi connectivity index (χ0n) is 7.90. The number of amides is 1. The van der Waals surface area contributed by atoms with Crippen LogP contribution >= 0.6 is 0 Å². The first-order valence-electron chi connectivity index (χ1n) is 4.40. The molecule has 0 aliphatic carbocycles. The molecule has 7 nitrogen and oxygen atoms in total. The quantitative estimate of drug-likeness (QED) is 0.509. The van der Waals surface area contributed by atoms with E-state index in [0.717, 1.165) is 4.90 Å². The summed E-state index contributed by atoms with van der Waals surface area (Å²) in [5.41, 5.74) is 0. The Balaban J connectivity index is 2.51. The summed E-state index contributed by atoms with van der Waals surface area (Å²) in [6, 6.07) is 0. The Morgan fingerprint density at radius 2 is 2.27 bits per heavy atom. The van der Waals surface area contributed by atoms with Crippen molar-refractivity contribution in [2.75, 3.05) is 25.4 Å². The molecule has 8 heteroatoms. The van der Waals surface area contributed by atoms with Gasteiger partial charge in [-0.15, -0.1) is 0 Å². The van der Waals surface area contributed by atoms with Crippen LogP contribution in [0.3, 0.4) is 0 Å². The summed E-state index contributed by atoms with van der Waals surface area (Å²) in [5, 5.41) is 18.1. The van der Waals surface area contributed by atoms with Gasteiger partial charge in [0.25, 0.3) is 0 Å². The Hall–Kier alpha value is -0.860. The maximum absolute atomic E-state index is 10.6. The number of thiol groups is 1. The summed E-state index contributed by atoms with van der Waals surface area (Å²) < 4.78 is 25.8. The van der Waals surface area contributed by atoms with Crippen molar-refractivity contribution in [3.05, 3.63) is 0 Å². The van der Waals surface area contributed by atoms with Gasteiger partial charge in [-0.1, -0.05) is 0 Å². The van der Waals surface area contributed by atoms with E-state index in [9.17, 15) is 18.3 Å². The molecule has 1 aliphatic heterocycles. The van der Waals surface area contributed by atoms with Crippen molar-refractivity contribution in [2.24, 2.45) is 0 Å². The van der Waals surface area contributed by atoms with Crippen LogP contribution in [0.2, 0.25) is 0 Å². The highest BCUT2D eigenvalue weighted by Gasteiger charge is 2.29. The zero-order chi connectivity index (χ0) is 11.4. The number of hydrogen-bond donors (Lipinski definition) is 3. The van der Waals surface area contributed by atoms with Gasteiger partial charge >= 0.3 is 6.09 Å². The fraction of sp³-hybridized carbons (Fsp3) is 0.857. The fourth-order valence-electron chi connectivity index (χ4n) is 1.35. The van der Waals surface area contributed by atoms with E-state index in [-0.39, 0.29) is 19.7 Å². The average Bonchev–Trinajstić information content (AvgIpc) is 2.17. The summed E-state index contributed by atoms with van der Waals surface area (Å²) in [5.74, 6) is -0.409. The second-order valence-electron chi connectivity index (χ2n) is 3.22. The largest absolute Gasteiger partial charge is 0.465 e. The van der Waals surface area contributed by atoms with E-state index in [1.807, 2.05) is 0 Å². The molecule has 0 spiro atoms. The van der Waals surface area contributed by atoms with Crippen molar-refractivity contribution in [2.45, 2.75) is 12.2 Å². The predicted octanol–water partition coefficient (Wildman–Crippen LogP) is -1.66. The number of hydrogen-bond acceptors (Lipinski definition) is 5. The molecule has 1 amide bonds. The first-order valence-corrected chi connectivity index (χ1v) is 5.76. The molecule has 88 valence electrons. The van der Waals surface area contributed by atoms with E-state index < -0.39 is 34.8 Å². The molecule has 0 aromatic heterocycles. The summed E-state index contributed by atoms with van der Waals surface area (Å²) in [7, 11) is -2.69. The van der Waals surface area contributed by atoms with Gasteiger partial charge in [0.2, 0.25) is 0 Å². The Morgan fingerprint density at radius 3 is 2.80 bits per heavy atom. The van der Waals surface area contributed by atoms with Crippen LogP contribution in [0.5, 0.6) is 0 Å². The lowest BCUT2D eigenvalue weighted by Gasteiger charge is -2.32. The molecule has 2 N–H and O–H groups in total. The molecule has 1 saturated heterocycles. The average molecular weight is 239 g/mol. The minimum absolute atomic E-state index is 0.000324. The molecule has 1 heterocycles. The normalized spacial score (nSPS) is 24.1. The molecular weight excluding hydrogens is 226 g/mol. The molecule has 0 aromatic carbocycles. The van der Waals surface area contributed by atoms with E-state index in [1.165, 1.54) is 0 Å². The summed E-state index contributed by atoms with van der Waals surface area (Å²) >= 11 is 0. The molecule has 15 heavy (non-hydrogen) atoms. The number of morpholine rings is 1. The van der Waals surface area contributed by atoms with E-state index in [1.54, 1.807) is 0 Å². The first-order chi connectivity index (χ1) is 7.00. The van der Waals surface area contributed by atoms with Crippen molar-refractivity contribution in [1.82, 2.24) is 4.90 Å². The predicted molar refractivity (Wildman–Crippen MR) is 50.5 cm³/mol. The van der Waals surface area contributed by atoms with Gasteiger partial charge in [0.05, 0.1) is 25.0 Å². The van der Waals surface area contributed by atoms with E-state index >= 15 is 0 Å². The minimum atomic E-state index is -2.69. The SMILES string of the molecule is O=C(O)N1CCO[C@H](C(O)C[SH](=O)=O)C1. The van der Waals surface area contributed by atoms with Gasteiger partial charge in [-0.3, -0.25) is 0 Å². The first kappa shape index (κ1) is 12.2. The van der Waals surface area contributed by atoms with Gasteiger partial charge in [0, 0.05) is 6.54 Å². The Bertz CT molecular complexity index is 296. The van der Waals surface area contributed by atoms with Crippen LogP contribution in [0, 0.1) is 0 Å². The lowest BCUT2D eigenvalue weighted by Crippen LogP contribution is -2.50. The van der Waals surface area contributed by atoms with E-state index in [4.69, 9.17) is 9.84 Å². The van der Waals surface area contributed by atoms with Gasteiger partial charge in [-0.25, -0.2) is 13.2 Å². The topological polar surface area (TPSA) is 104 Å². The number of nitrogens with zero attached hydrogens (tertiary/aromatic N) is 1. The van der Waals surface area contributed by atoms with Gasteiger partial charge in [0.15, 0.2) is 0 Å². The number of ether oxygens (including phenoxy) is 1. The lowest BCUT2D eigenvalue weighted by atomic mass is 10.2. The van der Waals surface area contributed by atoms with Crippen LogP contribution in [0.1, 0.15) is 0 Å². The highest BCUT2D eigenvalue weighted by atomic mass is 32.2. The fourth-order valence-corrected chi connectivity index (χ4v) is 1.89. The number of aliphatic hydroxyl groups excluding tert-OH is 1. The molecule has 0 saturated carbocycles. The van der Waals surface area contributed by atoms with Crippen LogP contribution in [0.4, 0.5) is 4.79 Å². The van der Waals surface area contributed by atoms with Crippen LogP contribution in [0.25, 0.3) is 0 Å². The molecule has 0 bridgehead atoms. The molecule has 1 unspecified atom stereocenters. The standard InChI is InChI=1S/C7H13NO6S/c9-5(4-15(12)13)6-3-8(7(10)11)1-2-14-6/h5-6,9,15H,1-4H2,(H,10,11)/t5?,6-/m0/s1. The van der Waals surface area contributed by atoms with Crippen LogP contribution in [-0.4, -0.2) is 67.3 Å². The second-order valence-corrected chi connectivity index (χ2v) is 4.25. The van der Waals surface area contributed by atoms with E-state index in [2.05, 4.69) is 0 Å². The van der Waals surface area contributed by atoms with Gasteiger partial charge in [-0.05, 0) is 0 Å². The van der Waals surface area contributed by atoms with Crippen LogP contribution < -0.4 is 0 Å². The highest BCUT2D eigenvalue weighted by Crippen LogP contribution is 2.09. The molecular formula is C7H13NO6S. The van der Waals surface area contributed by atoms with Crippen molar-refractivity contribution in [3.8, 4) is 0 Å². The van der Waals surface area contributed by atoms with Crippen LogP contribution in [-0.2, 0) is 15.4 Å². The van der Waals surface area contributed by atoms with Crippen molar-refractivity contribution in [1.29, 1.82) is 0 Å². The third-order valence-electron chi connectivity index (χ3n) is 2.13. The number of carboxylic acid groups (broad SMARTS) is 1. The van der Waals surface area contributed by atoms with Crippen molar-refractivity contribution in [3.63, 3.8) is 0 Å². The van der Waals surface area contributed by atoms with E-state index in [0.29, 0.717) is 0 Å². The minimum Gasteiger partial charge on any atom is -0.465 e. The third-order valence-corrected chi connectivity index (χ3v) is 2.80. The summed E-state index contributed by atoms with van der Waals surface area (Å²) in [6.45, 7) is 0.408. The Morgan fingerprint density at radius 1 is 1.60 bits per heavy atom. The number of rotatable bonds is 3. The molecule has 2 atom stereocenters. The maximum atomic E-state index is 10.6. The van der Waals surface area contributed by atoms with Gasteiger partial charge in [-0.2, -0.15) is 0 Å².